The van der Waals surface area contributed by atoms with E-state index >= 15 is 0 Å². The van der Waals surface area contributed by atoms with Crippen molar-refractivity contribution in [1.29, 1.82) is 0 Å². The van der Waals surface area contributed by atoms with Crippen LogP contribution in [0.2, 0.25) is 0 Å². The zero-order valence-corrected chi connectivity index (χ0v) is 10.1. The van der Waals surface area contributed by atoms with Gasteiger partial charge in [-0.15, -0.1) is 0 Å². The number of nitrogens with zero attached hydrogens (tertiary/aromatic N) is 1. The third-order valence-electron chi connectivity index (χ3n) is 2.91. The van der Waals surface area contributed by atoms with Crippen LogP contribution in [0.4, 0.5) is 0 Å². The summed E-state index contributed by atoms with van der Waals surface area (Å²) in [5.74, 6) is 2.25. The third-order valence-corrected chi connectivity index (χ3v) is 4.18. The van der Waals surface area contributed by atoms with E-state index < -0.39 is 10.8 Å². The lowest BCUT2D eigenvalue weighted by Gasteiger charge is -2.27. The molecule has 1 aliphatic heterocycles. The van der Waals surface area contributed by atoms with Gasteiger partial charge in [-0.3, -0.25) is 4.21 Å². The van der Waals surface area contributed by atoms with Gasteiger partial charge in [0, 0.05) is 41.4 Å². The monoisotopic (exact) mass is 218 g/mol. The van der Waals surface area contributed by atoms with E-state index in [9.17, 15) is 4.21 Å². The lowest BCUT2D eigenvalue weighted by atomic mass is 10.0. The van der Waals surface area contributed by atoms with Gasteiger partial charge in [0.05, 0.1) is 0 Å². The average molecular weight is 218 g/mol. The van der Waals surface area contributed by atoms with Gasteiger partial charge in [0.25, 0.3) is 0 Å². The van der Waals surface area contributed by atoms with E-state index in [1.807, 2.05) is 0 Å². The lowest BCUT2D eigenvalue weighted by Crippen LogP contribution is -2.40. The van der Waals surface area contributed by atoms with E-state index in [1.165, 1.54) is 0 Å². The highest BCUT2D eigenvalue weighted by Crippen LogP contribution is 2.06. The van der Waals surface area contributed by atoms with Gasteiger partial charge in [0.1, 0.15) is 0 Å². The zero-order valence-electron chi connectivity index (χ0n) is 9.24. The van der Waals surface area contributed by atoms with E-state index in [4.69, 9.17) is 5.73 Å². The molecule has 0 radical (unpaired) electrons. The summed E-state index contributed by atoms with van der Waals surface area (Å²) in [6, 6.07) is 0.308. The van der Waals surface area contributed by atoms with Gasteiger partial charge in [0.15, 0.2) is 0 Å². The van der Waals surface area contributed by atoms with Gasteiger partial charge in [-0.1, -0.05) is 13.8 Å². The van der Waals surface area contributed by atoms with Gasteiger partial charge in [-0.05, 0) is 18.9 Å². The maximum Gasteiger partial charge on any atom is 0.0363 e. The van der Waals surface area contributed by atoms with E-state index in [1.54, 1.807) is 0 Å². The van der Waals surface area contributed by atoms with Crippen LogP contribution >= 0.6 is 0 Å². The summed E-state index contributed by atoms with van der Waals surface area (Å²) in [4.78, 5) is 2.38. The lowest BCUT2D eigenvalue weighted by molar-refractivity contribution is 0.275. The fraction of sp³-hybridized carbons (Fsp3) is 1.00. The Hall–Kier alpha value is 0.0700. The smallest absolute Gasteiger partial charge is 0.0363 e. The molecule has 1 atom stereocenters. The normalized spacial score (nSPS) is 22.9. The molecule has 4 heteroatoms. The second kappa shape index (κ2) is 5.83. The number of nitrogens with two attached hydrogens (primary N) is 1. The molecule has 0 bridgehead atoms. The average Bonchev–Trinajstić information content (AvgIpc) is 2.16. The topological polar surface area (TPSA) is 46.3 Å². The van der Waals surface area contributed by atoms with Crippen molar-refractivity contribution >= 4 is 10.8 Å². The predicted octanol–water partition coefficient (Wildman–Crippen LogP) is 0.424. The first-order valence-electron chi connectivity index (χ1n) is 5.42. The fourth-order valence-electron chi connectivity index (χ4n) is 1.56. The maximum atomic E-state index is 11.1. The molecular formula is C10H22N2OS. The summed E-state index contributed by atoms with van der Waals surface area (Å²) in [5, 5.41) is 0. The summed E-state index contributed by atoms with van der Waals surface area (Å²) in [6.45, 7) is 7.36. The first-order valence-corrected chi connectivity index (χ1v) is 6.91. The first-order chi connectivity index (χ1) is 6.59. The van der Waals surface area contributed by atoms with Crippen molar-refractivity contribution in [3.63, 3.8) is 0 Å². The Balaban J connectivity index is 2.16. The highest BCUT2D eigenvalue weighted by Gasteiger charge is 2.16. The Morgan fingerprint density at radius 2 is 1.93 bits per heavy atom. The predicted molar refractivity (Wildman–Crippen MR) is 61.7 cm³/mol. The van der Waals surface area contributed by atoms with Crippen LogP contribution in [-0.4, -0.2) is 46.3 Å². The van der Waals surface area contributed by atoms with Crippen LogP contribution in [0.3, 0.4) is 0 Å². The number of hydrogen-bond donors (Lipinski definition) is 1. The molecule has 0 saturated carbocycles. The van der Waals surface area contributed by atoms with Crippen LogP contribution in [0.1, 0.15) is 20.3 Å². The van der Waals surface area contributed by atoms with E-state index in [0.717, 1.165) is 37.6 Å². The summed E-state index contributed by atoms with van der Waals surface area (Å²) >= 11 is 0. The van der Waals surface area contributed by atoms with Crippen molar-refractivity contribution in [2.75, 3.05) is 31.1 Å². The van der Waals surface area contributed by atoms with Gasteiger partial charge < -0.3 is 10.6 Å². The molecule has 84 valence electrons. The van der Waals surface area contributed by atoms with Gasteiger partial charge in [-0.2, -0.15) is 0 Å². The molecule has 1 rings (SSSR count). The number of hydrogen-bond acceptors (Lipinski definition) is 3. The van der Waals surface area contributed by atoms with E-state index in [-0.39, 0.29) is 0 Å². The molecule has 1 unspecified atom stereocenters. The summed E-state index contributed by atoms with van der Waals surface area (Å²) in [5.41, 5.74) is 5.97. The van der Waals surface area contributed by atoms with Crippen LogP contribution < -0.4 is 5.73 Å². The van der Waals surface area contributed by atoms with Crippen LogP contribution in [0.15, 0.2) is 0 Å². The van der Waals surface area contributed by atoms with Crippen molar-refractivity contribution in [2.45, 2.75) is 26.3 Å². The first kappa shape index (κ1) is 12.1. The Morgan fingerprint density at radius 3 is 2.43 bits per heavy atom. The third kappa shape index (κ3) is 4.07. The quantitative estimate of drug-likeness (QED) is 0.744. The number of rotatable bonds is 4. The van der Waals surface area contributed by atoms with Crippen molar-refractivity contribution in [3.8, 4) is 0 Å². The SMILES string of the molecule is CC(C)C(N)CCN1CCS(=O)CC1. The molecule has 0 aromatic rings. The van der Waals surface area contributed by atoms with Crippen molar-refractivity contribution in [3.05, 3.63) is 0 Å². The molecule has 1 fully saturated rings. The molecule has 3 nitrogen and oxygen atoms in total. The van der Waals surface area contributed by atoms with E-state index in [0.29, 0.717) is 12.0 Å². The largest absolute Gasteiger partial charge is 0.327 e. The minimum atomic E-state index is -0.557. The Labute approximate surface area is 89.5 Å². The molecule has 0 aromatic carbocycles. The van der Waals surface area contributed by atoms with Gasteiger partial charge in [0.2, 0.25) is 0 Å². The molecule has 1 aliphatic rings. The van der Waals surface area contributed by atoms with E-state index in [2.05, 4.69) is 18.7 Å². The van der Waals surface area contributed by atoms with Crippen LogP contribution in [0.25, 0.3) is 0 Å². The fourth-order valence-corrected chi connectivity index (χ4v) is 2.69. The van der Waals surface area contributed by atoms with Gasteiger partial charge in [-0.25, -0.2) is 0 Å². The standard InChI is InChI=1S/C10H22N2OS/c1-9(2)10(11)3-4-12-5-7-14(13)8-6-12/h9-10H,3-8,11H2,1-2H3. The molecule has 0 spiro atoms. The van der Waals surface area contributed by atoms with Crippen molar-refractivity contribution in [2.24, 2.45) is 11.7 Å². The zero-order chi connectivity index (χ0) is 10.6. The molecule has 2 N–H and O–H groups in total. The molecule has 1 saturated heterocycles. The minimum Gasteiger partial charge on any atom is -0.327 e. The molecular weight excluding hydrogens is 196 g/mol. The Kier molecular flexibility index (Phi) is 5.06. The highest BCUT2D eigenvalue weighted by atomic mass is 32.2. The Bertz CT molecular complexity index is 187. The Morgan fingerprint density at radius 1 is 1.36 bits per heavy atom. The van der Waals surface area contributed by atoms with Crippen LogP contribution in [-0.2, 0) is 10.8 Å². The van der Waals surface area contributed by atoms with Crippen molar-refractivity contribution in [1.82, 2.24) is 4.90 Å². The second-order valence-corrected chi connectivity index (χ2v) is 6.08. The molecule has 0 amide bonds. The van der Waals surface area contributed by atoms with Crippen LogP contribution in [0.5, 0.6) is 0 Å². The molecule has 0 aromatic heterocycles. The molecule has 14 heavy (non-hydrogen) atoms. The highest BCUT2D eigenvalue weighted by molar-refractivity contribution is 7.85. The molecule has 1 heterocycles. The summed E-state index contributed by atoms with van der Waals surface area (Å²) in [6.07, 6.45) is 1.06. The summed E-state index contributed by atoms with van der Waals surface area (Å²) in [7, 11) is -0.557. The maximum absolute atomic E-state index is 11.1. The van der Waals surface area contributed by atoms with Crippen LogP contribution in [0, 0.1) is 5.92 Å². The summed E-state index contributed by atoms with van der Waals surface area (Å²) < 4.78 is 11.1. The second-order valence-electron chi connectivity index (χ2n) is 4.39. The molecule has 0 aliphatic carbocycles. The minimum absolute atomic E-state index is 0.308. The van der Waals surface area contributed by atoms with Crippen molar-refractivity contribution < 1.29 is 4.21 Å². The van der Waals surface area contributed by atoms with Gasteiger partial charge >= 0.3 is 0 Å².